The fourth-order valence-corrected chi connectivity index (χ4v) is 2.00. The molecule has 0 fully saturated rings. The first-order valence-corrected chi connectivity index (χ1v) is 4.41. The van der Waals surface area contributed by atoms with Crippen molar-refractivity contribution in [2.75, 3.05) is 17.3 Å². The molecule has 1 aliphatic heterocycles. The number of allylic oxidation sites excluding steroid dienone is 1. The van der Waals surface area contributed by atoms with Gasteiger partial charge >= 0.3 is 0 Å². The zero-order valence-electron chi connectivity index (χ0n) is 6.59. The number of nitrogens with zero attached hydrogens (tertiary/aromatic N) is 1. The molecular formula is C8H10N2S. The fourth-order valence-electron chi connectivity index (χ4n) is 1.11. The summed E-state index contributed by atoms with van der Waals surface area (Å²) in [5, 5.41) is 6.62. The molecule has 0 aliphatic carbocycles. The Balaban J connectivity index is 2.46. The first-order valence-electron chi connectivity index (χ1n) is 3.53. The van der Waals surface area contributed by atoms with E-state index in [1.54, 1.807) is 11.3 Å². The SMILES string of the molecule is CC1=CNc2ccsc2N1C. The van der Waals surface area contributed by atoms with Gasteiger partial charge in [-0.1, -0.05) is 0 Å². The van der Waals surface area contributed by atoms with Crippen LogP contribution in [0.2, 0.25) is 0 Å². The molecule has 1 aliphatic rings. The smallest absolute Gasteiger partial charge is 0.119 e. The Morgan fingerprint density at radius 2 is 2.36 bits per heavy atom. The lowest BCUT2D eigenvalue weighted by molar-refractivity contribution is 1.09. The minimum absolute atomic E-state index is 1.21. The molecule has 11 heavy (non-hydrogen) atoms. The summed E-state index contributed by atoms with van der Waals surface area (Å²) in [6.07, 6.45) is 2.02. The van der Waals surface area contributed by atoms with Crippen molar-refractivity contribution >= 4 is 22.0 Å². The van der Waals surface area contributed by atoms with E-state index in [-0.39, 0.29) is 0 Å². The molecule has 0 saturated heterocycles. The van der Waals surface area contributed by atoms with Crippen LogP contribution in [-0.2, 0) is 0 Å². The van der Waals surface area contributed by atoms with Crippen LogP contribution in [0.5, 0.6) is 0 Å². The van der Waals surface area contributed by atoms with Crippen LogP contribution in [0.25, 0.3) is 0 Å². The standard InChI is InChI=1S/C8H10N2S/c1-6-5-9-7-3-4-11-8(7)10(6)2/h3-5,9H,1-2H3. The maximum Gasteiger partial charge on any atom is 0.119 e. The van der Waals surface area contributed by atoms with Gasteiger partial charge in [-0.2, -0.15) is 0 Å². The number of thiophene rings is 1. The highest BCUT2D eigenvalue weighted by Crippen LogP contribution is 2.36. The van der Waals surface area contributed by atoms with E-state index in [1.165, 1.54) is 16.4 Å². The van der Waals surface area contributed by atoms with Crippen molar-refractivity contribution in [2.24, 2.45) is 0 Å². The molecule has 1 N–H and O–H groups in total. The molecule has 58 valence electrons. The van der Waals surface area contributed by atoms with Gasteiger partial charge < -0.3 is 10.2 Å². The Labute approximate surface area is 70.1 Å². The number of hydrogen-bond acceptors (Lipinski definition) is 3. The topological polar surface area (TPSA) is 15.3 Å². The molecule has 2 nitrogen and oxygen atoms in total. The summed E-state index contributed by atoms with van der Waals surface area (Å²) in [5.41, 5.74) is 2.46. The Hall–Kier alpha value is -0.960. The molecule has 0 spiro atoms. The highest BCUT2D eigenvalue weighted by Gasteiger charge is 2.13. The highest BCUT2D eigenvalue weighted by atomic mass is 32.1. The van der Waals surface area contributed by atoms with Crippen molar-refractivity contribution in [2.45, 2.75) is 6.92 Å². The third kappa shape index (κ3) is 0.922. The average Bonchev–Trinajstić information content (AvgIpc) is 2.45. The van der Waals surface area contributed by atoms with Crippen LogP contribution in [0.1, 0.15) is 6.92 Å². The molecule has 0 saturated carbocycles. The molecule has 0 unspecified atom stereocenters. The van der Waals surface area contributed by atoms with Gasteiger partial charge in [0.1, 0.15) is 5.00 Å². The van der Waals surface area contributed by atoms with Crippen molar-refractivity contribution in [3.63, 3.8) is 0 Å². The first-order chi connectivity index (χ1) is 5.29. The van der Waals surface area contributed by atoms with E-state index in [4.69, 9.17) is 0 Å². The number of anilines is 2. The predicted molar refractivity (Wildman–Crippen MR) is 50.1 cm³/mol. The van der Waals surface area contributed by atoms with E-state index in [1.807, 2.05) is 6.20 Å². The molecule has 0 aromatic carbocycles. The second-order valence-electron chi connectivity index (χ2n) is 2.63. The number of fused-ring (bicyclic) bond motifs is 1. The summed E-state index contributed by atoms with van der Waals surface area (Å²) < 4.78 is 0. The summed E-state index contributed by atoms with van der Waals surface area (Å²) in [4.78, 5) is 2.19. The van der Waals surface area contributed by atoms with Gasteiger partial charge in [0.05, 0.1) is 5.69 Å². The first kappa shape index (κ1) is 6.73. The molecule has 0 radical (unpaired) electrons. The number of nitrogens with one attached hydrogen (secondary N) is 1. The second-order valence-corrected chi connectivity index (χ2v) is 3.52. The lowest BCUT2D eigenvalue weighted by atomic mass is 10.3. The largest absolute Gasteiger partial charge is 0.358 e. The van der Waals surface area contributed by atoms with Gasteiger partial charge in [-0.3, -0.25) is 0 Å². The molecular weight excluding hydrogens is 156 g/mol. The van der Waals surface area contributed by atoms with Crippen molar-refractivity contribution in [3.8, 4) is 0 Å². The normalized spacial score (nSPS) is 15.5. The third-order valence-electron chi connectivity index (χ3n) is 1.92. The van der Waals surface area contributed by atoms with Crippen LogP contribution in [0.4, 0.5) is 10.7 Å². The molecule has 0 atom stereocenters. The van der Waals surface area contributed by atoms with E-state index in [9.17, 15) is 0 Å². The quantitative estimate of drug-likeness (QED) is 0.637. The maximum atomic E-state index is 3.23. The number of rotatable bonds is 0. The molecule has 2 heterocycles. The minimum atomic E-state index is 1.21. The van der Waals surface area contributed by atoms with Crippen LogP contribution >= 0.6 is 11.3 Å². The van der Waals surface area contributed by atoms with E-state index in [2.05, 4.69) is 35.6 Å². The van der Waals surface area contributed by atoms with Crippen molar-refractivity contribution in [1.82, 2.24) is 0 Å². The van der Waals surface area contributed by atoms with Gasteiger partial charge in [0, 0.05) is 18.9 Å². The van der Waals surface area contributed by atoms with Crippen LogP contribution in [-0.4, -0.2) is 7.05 Å². The van der Waals surface area contributed by atoms with Crippen LogP contribution in [0.3, 0.4) is 0 Å². The molecule has 0 amide bonds. The van der Waals surface area contributed by atoms with Gasteiger partial charge in [-0.25, -0.2) is 0 Å². The highest BCUT2D eigenvalue weighted by molar-refractivity contribution is 7.15. The summed E-state index contributed by atoms with van der Waals surface area (Å²) in [7, 11) is 2.09. The Kier molecular flexibility index (Phi) is 1.39. The Morgan fingerprint density at radius 3 is 3.18 bits per heavy atom. The van der Waals surface area contributed by atoms with Crippen molar-refractivity contribution in [3.05, 3.63) is 23.3 Å². The van der Waals surface area contributed by atoms with Crippen LogP contribution < -0.4 is 10.2 Å². The zero-order valence-corrected chi connectivity index (χ0v) is 7.40. The Bertz CT molecular complexity index is 301. The van der Waals surface area contributed by atoms with Gasteiger partial charge in [0.25, 0.3) is 0 Å². The van der Waals surface area contributed by atoms with Crippen molar-refractivity contribution < 1.29 is 0 Å². The van der Waals surface area contributed by atoms with E-state index >= 15 is 0 Å². The predicted octanol–water partition coefficient (Wildman–Crippen LogP) is 2.47. The maximum absolute atomic E-state index is 3.23. The van der Waals surface area contributed by atoms with E-state index in [0.717, 1.165) is 0 Å². The van der Waals surface area contributed by atoms with Gasteiger partial charge in [0.15, 0.2) is 0 Å². The van der Waals surface area contributed by atoms with E-state index < -0.39 is 0 Å². The molecule has 1 aromatic heterocycles. The van der Waals surface area contributed by atoms with Gasteiger partial charge in [-0.15, -0.1) is 11.3 Å². The van der Waals surface area contributed by atoms with Crippen molar-refractivity contribution in [1.29, 1.82) is 0 Å². The minimum Gasteiger partial charge on any atom is -0.358 e. The van der Waals surface area contributed by atoms with Gasteiger partial charge in [0.2, 0.25) is 0 Å². The number of hydrogen-bond donors (Lipinski definition) is 1. The van der Waals surface area contributed by atoms with Crippen LogP contribution in [0, 0.1) is 0 Å². The lowest BCUT2D eigenvalue weighted by Crippen LogP contribution is -2.18. The monoisotopic (exact) mass is 166 g/mol. The molecule has 0 bridgehead atoms. The molecule has 1 aromatic rings. The fraction of sp³-hybridized carbons (Fsp3) is 0.250. The third-order valence-corrected chi connectivity index (χ3v) is 2.90. The van der Waals surface area contributed by atoms with Crippen LogP contribution in [0.15, 0.2) is 23.3 Å². The summed E-state index contributed by atoms with van der Waals surface area (Å²) in [5.74, 6) is 0. The summed E-state index contributed by atoms with van der Waals surface area (Å²) >= 11 is 1.76. The molecule has 3 heteroatoms. The van der Waals surface area contributed by atoms with Gasteiger partial charge in [-0.05, 0) is 18.4 Å². The zero-order chi connectivity index (χ0) is 7.84. The average molecular weight is 166 g/mol. The summed E-state index contributed by atoms with van der Waals surface area (Å²) in [6.45, 7) is 2.09. The van der Waals surface area contributed by atoms with E-state index in [0.29, 0.717) is 0 Å². The second kappa shape index (κ2) is 2.27. The summed E-state index contributed by atoms with van der Waals surface area (Å²) in [6, 6.07) is 2.10. The lowest BCUT2D eigenvalue weighted by Gasteiger charge is -2.24. The Morgan fingerprint density at radius 1 is 1.55 bits per heavy atom. The molecule has 2 rings (SSSR count).